The number of benzene rings is 2. The first-order valence-corrected chi connectivity index (χ1v) is 7.46. The summed E-state index contributed by atoms with van der Waals surface area (Å²) >= 11 is 8.46. The van der Waals surface area contributed by atoms with Gasteiger partial charge < -0.3 is 11.1 Å². The van der Waals surface area contributed by atoms with Crippen LogP contribution in [0, 0.1) is 3.57 Å². The Bertz CT molecular complexity index is 789. The van der Waals surface area contributed by atoms with Gasteiger partial charge in [-0.15, -0.1) is 0 Å². The molecule has 1 aromatic heterocycles. The maximum absolute atomic E-state index is 6.23. The molecule has 1 heterocycles. The molecule has 0 aliphatic heterocycles. The predicted octanol–water partition coefficient (Wildman–Crippen LogP) is 4.82. The fourth-order valence-electron chi connectivity index (χ4n) is 2.02. The van der Waals surface area contributed by atoms with Gasteiger partial charge in [-0.25, -0.2) is 0 Å². The summed E-state index contributed by atoms with van der Waals surface area (Å²) in [6, 6.07) is 13.5. The molecule has 3 nitrogen and oxygen atoms in total. The van der Waals surface area contributed by atoms with Crippen LogP contribution in [0.5, 0.6) is 0 Å². The van der Waals surface area contributed by atoms with Gasteiger partial charge in [-0.2, -0.15) is 0 Å². The van der Waals surface area contributed by atoms with Gasteiger partial charge in [0, 0.05) is 15.2 Å². The molecule has 0 bridgehead atoms. The normalized spacial score (nSPS) is 10.7. The van der Waals surface area contributed by atoms with Crippen molar-refractivity contribution in [3.8, 4) is 0 Å². The largest absolute Gasteiger partial charge is 0.396 e. The minimum absolute atomic E-state index is 0.669. The van der Waals surface area contributed by atoms with E-state index in [2.05, 4.69) is 32.9 Å². The minimum atomic E-state index is 0.669. The van der Waals surface area contributed by atoms with Gasteiger partial charge in [0.25, 0.3) is 0 Å². The number of pyridine rings is 1. The average molecular weight is 396 g/mol. The van der Waals surface area contributed by atoms with Crippen LogP contribution in [0.3, 0.4) is 0 Å². The third-order valence-electron chi connectivity index (χ3n) is 3.03. The van der Waals surface area contributed by atoms with Gasteiger partial charge in [-0.3, -0.25) is 4.98 Å². The SMILES string of the molecule is Nc1c(Nc2ccc(I)cc2Cl)ccc2ncccc12. The summed E-state index contributed by atoms with van der Waals surface area (Å²) in [4.78, 5) is 4.28. The Hall–Kier alpha value is -1.53. The molecule has 0 aliphatic carbocycles. The van der Waals surface area contributed by atoms with Gasteiger partial charge in [-0.1, -0.05) is 11.6 Å². The van der Waals surface area contributed by atoms with Gasteiger partial charge in [0.05, 0.1) is 27.6 Å². The summed E-state index contributed by atoms with van der Waals surface area (Å²) in [5.74, 6) is 0. The van der Waals surface area contributed by atoms with Gasteiger partial charge >= 0.3 is 0 Å². The Kier molecular flexibility index (Phi) is 3.67. The van der Waals surface area contributed by atoms with E-state index in [0.29, 0.717) is 10.7 Å². The quantitative estimate of drug-likeness (QED) is 0.483. The number of halogens is 2. The van der Waals surface area contributed by atoms with E-state index in [0.717, 1.165) is 25.8 Å². The maximum atomic E-state index is 6.23. The Balaban J connectivity index is 2.04. The highest BCUT2D eigenvalue weighted by molar-refractivity contribution is 14.1. The van der Waals surface area contributed by atoms with E-state index in [-0.39, 0.29) is 0 Å². The number of nitrogen functional groups attached to an aromatic ring is 1. The number of aromatic nitrogens is 1. The number of hydrogen-bond donors (Lipinski definition) is 2. The Labute approximate surface area is 135 Å². The predicted molar refractivity (Wildman–Crippen MR) is 93.6 cm³/mol. The summed E-state index contributed by atoms with van der Waals surface area (Å²) in [5.41, 5.74) is 9.41. The van der Waals surface area contributed by atoms with Crippen molar-refractivity contribution in [1.29, 1.82) is 0 Å². The van der Waals surface area contributed by atoms with E-state index in [1.54, 1.807) is 6.20 Å². The highest BCUT2D eigenvalue weighted by Gasteiger charge is 2.07. The highest BCUT2D eigenvalue weighted by atomic mass is 127. The summed E-state index contributed by atoms with van der Waals surface area (Å²) in [5, 5.41) is 4.87. The summed E-state index contributed by atoms with van der Waals surface area (Å²) in [7, 11) is 0. The van der Waals surface area contributed by atoms with E-state index in [1.165, 1.54) is 0 Å². The van der Waals surface area contributed by atoms with Crippen molar-refractivity contribution in [3.05, 3.63) is 57.3 Å². The Morgan fingerprint density at radius 3 is 2.70 bits per heavy atom. The molecule has 0 saturated carbocycles. The molecule has 2 aromatic carbocycles. The number of nitrogens with one attached hydrogen (secondary N) is 1. The molecular weight excluding hydrogens is 385 g/mol. The molecule has 20 heavy (non-hydrogen) atoms. The molecule has 0 aliphatic rings. The number of rotatable bonds is 2. The lowest BCUT2D eigenvalue weighted by Gasteiger charge is -2.12. The van der Waals surface area contributed by atoms with Crippen LogP contribution in [0.4, 0.5) is 17.1 Å². The summed E-state index contributed by atoms with van der Waals surface area (Å²) in [6.45, 7) is 0. The van der Waals surface area contributed by atoms with E-state index in [9.17, 15) is 0 Å². The van der Waals surface area contributed by atoms with Crippen LogP contribution in [0.25, 0.3) is 10.9 Å². The molecule has 3 aromatic rings. The molecule has 100 valence electrons. The third kappa shape index (κ3) is 2.53. The van der Waals surface area contributed by atoms with Crippen molar-refractivity contribution < 1.29 is 0 Å². The monoisotopic (exact) mass is 395 g/mol. The molecule has 0 saturated heterocycles. The molecule has 5 heteroatoms. The molecule has 0 radical (unpaired) electrons. The fourth-order valence-corrected chi connectivity index (χ4v) is 2.92. The third-order valence-corrected chi connectivity index (χ3v) is 4.01. The second kappa shape index (κ2) is 5.46. The number of hydrogen-bond acceptors (Lipinski definition) is 3. The average Bonchev–Trinajstić information content (AvgIpc) is 2.45. The van der Waals surface area contributed by atoms with E-state index in [4.69, 9.17) is 17.3 Å². The zero-order valence-electron chi connectivity index (χ0n) is 10.4. The molecule has 0 atom stereocenters. The smallest absolute Gasteiger partial charge is 0.0724 e. The number of nitrogens with two attached hydrogens (primary N) is 1. The van der Waals surface area contributed by atoms with Crippen LogP contribution in [0.15, 0.2) is 48.7 Å². The van der Waals surface area contributed by atoms with Crippen LogP contribution >= 0.6 is 34.2 Å². The van der Waals surface area contributed by atoms with Crippen LogP contribution in [0.1, 0.15) is 0 Å². The van der Waals surface area contributed by atoms with Gasteiger partial charge in [0.15, 0.2) is 0 Å². The first-order chi connectivity index (χ1) is 9.65. The number of fused-ring (bicyclic) bond motifs is 1. The van der Waals surface area contributed by atoms with Crippen molar-refractivity contribution in [1.82, 2.24) is 4.98 Å². The molecule has 3 N–H and O–H groups in total. The van der Waals surface area contributed by atoms with Gasteiger partial charge in [-0.05, 0) is 65.1 Å². The minimum Gasteiger partial charge on any atom is -0.396 e. The lowest BCUT2D eigenvalue weighted by Crippen LogP contribution is -1.98. The fraction of sp³-hybridized carbons (Fsp3) is 0. The van der Waals surface area contributed by atoms with Crippen LogP contribution in [-0.2, 0) is 0 Å². The zero-order valence-corrected chi connectivity index (χ0v) is 13.3. The van der Waals surface area contributed by atoms with Crippen LogP contribution < -0.4 is 11.1 Å². The van der Waals surface area contributed by atoms with Crippen LogP contribution in [-0.4, -0.2) is 4.98 Å². The second-order valence-electron chi connectivity index (χ2n) is 4.35. The number of nitrogens with zero attached hydrogens (tertiary/aromatic N) is 1. The molecule has 3 rings (SSSR count). The molecular formula is C15H11ClIN3. The van der Waals surface area contributed by atoms with Crippen molar-refractivity contribution in [2.75, 3.05) is 11.1 Å². The molecule has 0 spiro atoms. The van der Waals surface area contributed by atoms with Crippen molar-refractivity contribution in [2.45, 2.75) is 0 Å². The Morgan fingerprint density at radius 1 is 1.10 bits per heavy atom. The summed E-state index contributed by atoms with van der Waals surface area (Å²) in [6.07, 6.45) is 1.75. The van der Waals surface area contributed by atoms with E-state index in [1.807, 2.05) is 42.5 Å². The zero-order chi connectivity index (χ0) is 14.1. The standard InChI is InChI=1S/C15H11ClIN3/c16-11-8-9(17)3-4-13(11)20-14-6-5-12-10(15(14)18)2-1-7-19-12/h1-8,20H,18H2. The molecule has 0 amide bonds. The Morgan fingerprint density at radius 2 is 1.90 bits per heavy atom. The van der Waals surface area contributed by atoms with Crippen molar-refractivity contribution in [3.63, 3.8) is 0 Å². The molecule has 0 unspecified atom stereocenters. The lowest BCUT2D eigenvalue weighted by atomic mass is 10.1. The van der Waals surface area contributed by atoms with Gasteiger partial charge in [0.1, 0.15) is 0 Å². The number of anilines is 3. The van der Waals surface area contributed by atoms with Crippen LogP contribution in [0.2, 0.25) is 5.02 Å². The highest BCUT2D eigenvalue weighted by Crippen LogP contribution is 2.32. The lowest BCUT2D eigenvalue weighted by molar-refractivity contribution is 1.41. The topological polar surface area (TPSA) is 50.9 Å². The van der Waals surface area contributed by atoms with Gasteiger partial charge in [0.2, 0.25) is 0 Å². The van der Waals surface area contributed by atoms with Crippen molar-refractivity contribution in [2.24, 2.45) is 0 Å². The second-order valence-corrected chi connectivity index (χ2v) is 6.00. The first-order valence-electron chi connectivity index (χ1n) is 6.00. The summed E-state index contributed by atoms with van der Waals surface area (Å²) < 4.78 is 1.09. The van der Waals surface area contributed by atoms with Crippen molar-refractivity contribution >= 4 is 62.2 Å². The van der Waals surface area contributed by atoms with E-state index >= 15 is 0 Å². The van der Waals surface area contributed by atoms with E-state index < -0.39 is 0 Å². The maximum Gasteiger partial charge on any atom is 0.0724 e. The molecule has 0 fully saturated rings. The first kappa shape index (κ1) is 13.5.